The standard InChI is InChI=1S/C17H21N5O/c1-3-12-11-22(14-8-6-10-20-16(14)21-12)17(23)15-13(18-4-2)7-5-9-19-15/h5-10,12,18H,3-4,11H2,1-2H3,(H,20,21). The third-order valence-corrected chi connectivity index (χ3v) is 3.94. The van der Waals surface area contributed by atoms with E-state index in [-0.39, 0.29) is 11.9 Å². The predicted octanol–water partition coefficient (Wildman–Crippen LogP) is 2.76. The third kappa shape index (κ3) is 2.97. The molecule has 6 nitrogen and oxygen atoms in total. The number of carbonyl (C=O) groups is 1. The van der Waals surface area contributed by atoms with Crippen molar-refractivity contribution in [1.82, 2.24) is 9.97 Å². The molecule has 1 aliphatic rings. The lowest BCUT2D eigenvalue weighted by Crippen LogP contribution is -2.45. The molecule has 0 saturated carbocycles. The second-order valence-corrected chi connectivity index (χ2v) is 5.47. The summed E-state index contributed by atoms with van der Waals surface area (Å²) in [7, 11) is 0. The normalized spacial score (nSPS) is 16.4. The summed E-state index contributed by atoms with van der Waals surface area (Å²) in [5, 5.41) is 6.59. The van der Waals surface area contributed by atoms with E-state index in [9.17, 15) is 4.79 Å². The molecule has 3 heterocycles. The van der Waals surface area contributed by atoms with Crippen molar-refractivity contribution < 1.29 is 4.79 Å². The number of aromatic nitrogens is 2. The second kappa shape index (κ2) is 6.64. The summed E-state index contributed by atoms with van der Waals surface area (Å²) >= 11 is 0. The van der Waals surface area contributed by atoms with Crippen LogP contribution in [0.3, 0.4) is 0 Å². The first kappa shape index (κ1) is 15.3. The monoisotopic (exact) mass is 311 g/mol. The highest BCUT2D eigenvalue weighted by Gasteiger charge is 2.30. The molecule has 23 heavy (non-hydrogen) atoms. The topological polar surface area (TPSA) is 70.2 Å². The fourth-order valence-corrected chi connectivity index (χ4v) is 2.74. The van der Waals surface area contributed by atoms with E-state index in [1.54, 1.807) is 17.3 Å². The minimum atomic E-state index is -0.101. The number of hydrogen-bond donors (Lipinski definition) is 2. The highest BCUT2D eigenvalue weighted by Crippen LogP contribution is 2.31. The Labute approximate surface area is 135 Å². The molecule has 0 saturated heterocycles. The molecule has 0 fully saturated rings. The van der Waals surface area contributed by atoms with Gasteiger partial charge in [0.1, 0.15) is 5.82 Å². The number of carbonyl (C=O) groups excluding carboxylic acids is 1. The molecule has 120 valence electrons. The molecule has 0 radical (unpaired) electrons. The van der Waals surface area contributed by atoms with Gasteiger partial charge in [-0.05, 0) is 37.6 Å². The number of nitrogens with one attached hydrogen (secondary N) is 2. The molecule has 3 rings (SSSR count). The maximum absolute atomic E-state index is 13.1. The van der Waals surface area contributed by atoms with Crippen LogP contribution in [0.5, 0.6) is 0 Å². The molecule has 1 aliphatic heterocycles. The Morgan fingerprint density at radius 1 is 1.30 bits per heavy atom. The second-order valence-electron chi connectivity index (χ2n) is 5.47. The van der Waals surface area contributed by atoms with Gasteiger partial charge in [0.05, 0.1) is 11.4 Å². The predicted molar refractivity (Wildman–Crippen MR) is 92.0 cm³/mol. The van der Waals surface area contributed by atoms with Crippen molar-refractivity contribution in [2.24, 2.45) is 0 Å². The van der Waals surface area contributed by atoms with Crippen LogP contribution in [0.25, 0.3) is 0 Å². The van der Waals surface area contributed by atoms with Crippen molar-refractivity contribution in [3.05, 3.63) is 42.4 Å². The maximum atomic E-state index is 13.1. The van der Waals surface area contributed by atoms with Crippen molar-refractivity contribution >= 4 is 23.1 Å². The first-order chi connectivity index (χ1) is 11.2. The Morgan fingerprint density at radius 2 is 2.09 bits per heavy atom. The van der Waals surface area contributed by atoms with E-state index in [0.717, 1.165) is 30.2 Å². The molecular weight excluding hydrogens is 290 g/mol. The lowest BCUT2D eigenvalue weighted by molar-refractivity contribution is 0.0980. The van der Waals surface area contributed by atoms with Crippen LogP contribution in [-0.2, 0) is 0 Å². The average molecular weight is 311 g/mol. The Bertz CT molecular complexity index is 703. The van der Waals surface area contributed by atoms with E-state index in [4.69, 9.17) is 0 Å². The SMILES string of the molecule is CCNc1cccnc1C(=O)N1CC(CC)Nc2ncccc21. The summed E-state index contributed by atoms with van der Waals surface area (Å²) in [4.78, 5) is 23.5. The summed E-state index contributed by atoms with van der Waals surface area (Å²) in [6.45, 7) is 5.44. The zero-order chi connectivity index (χ0) is 16.2. The summed E-state index contributed by atoms with van der Waals surface area (Å²) in [5.74, 6) is 0.649. The van der Waals surface area contributed by atoms with E-state index in [2.05, 4.69) is 27.5 Å². The fourth-order valence-electron chi connectivity index (χ4n) is 2.74. The van der Waals surface area contributed by atoms with Gasteiger partial charge in [-0.15, -0.1) is 0 Å². The van der Waals surface area contributed by atoms with Crippen LogP contribution in [0.1, 0.15) is 30.8 Å². The van der Waals surface area contributed by atoms with Crippen molar-refractivity contribution in [1.29, 1.82) is 0 Å². The van der Waals surface area contributed by atoms with Gasteiger partial charge in [0.25, 0.3) is 5.91 Å². The molecule has 2 N–H and O–H groups in total. The lowest BCUT2D eigenvalue weighted by atomic mass is 10.1. The van der Waals surface area contributed by atoms with Crippen molar-refractivity contribution in [3.8, 4) is 0 Å². The zero-order valence-corrected chi connectivity index (χ0v) is 13.4. The van der Waals surface area contributed by atoms with Gasteiger partial charge < -0.3 is 15.5 Å². The highest BCUT2D eigenvalue weighted by atomic mass is 16.2. The Kier molecular flexibility index (Phi) is 4.41. The van der Waals surface area contributed by atoms with Gasteiger partial charge in [0, 0.05) is 31.5 Å². The molecule has 2 aromatic heterocycles. The number of hydrogen-bond acceptors (Lipinski definition) is 5. The van der Waals surface area contributed by atoms with Gasteiger partial charge >= 0.3 is 0 Å². The Morgan fingerprint density at radius 3 is 2.87 bits per heavy atom. The Hall–Kier alpha value is -2.63. The van der Waals surface area contributed by atoms with Crippen LogP contribution >= 0.6 is 0 Å². The first-order valence-electron chi connectivity index (χ1n) is 7.96. The zero-order valence-electron chi connectivity index (χ0n) is 13.4. The number of amides is 1. The van der Waals surface area contributed by atoms with Crippen LogP contribution in [0, 0.1) is 0 Å². The van der Waals surface area contributed by atoms with Crippen molar-refractivity contribution in [2.75, 3.05) is 28.6 Å². The van der Waals surface area contributed by atoms with Gasteiger partial charge in [0.2, 0.25) is 0 Å². The van der Waals surface area contributed by atoms with Crippen LogP contribution in [0.15, 0.2) is 36.7 Å². The number of fused-ring (bicyclic) bond motifs is 1. The summed E-state index contributed by atoms with van der Waals surface area (Å²) in [6, 6.07) is 7.66. The van der Waals surface area contributed by atoms with Gasteiger partial charge in [-0.1, -0.05) is 6.92 Å². The molecule has 6 heteroatoms. The van der Waals surface area contributed by atoms with E-state index >= 15 is 0 Å². The van der Waals surface area contributed by atoms with Crippen LogP contribution < -0.4 is 15.5 Å². The molecular formula is C17H21N5O. The number of pyridine rings is 2. The van der Waals surface area contributed by atoms with Crippen molar-refractivity contribution in [2.45, 2.75) is 26.3 Å². The number of anilines is 3. The van der Waals surface area contributed by atoms with E-state index in [1.165, 1.54) is 0 Å². The van der Waals surface area contributed by atoms with Crippen LogP contribution in [0.2, 0.25) is 0 Å². The summed E-state index contributed by atoms with van der Waals surface area (Å²) < 4.78 is 0. The molecule has 1 atom stereocenters. The minimum absolute atomic E-state index is 0.101. The van der Waals surface area contributed by atoms with Crippen molar-refractivity contribution in [3.63, 3.8) is 0 Å². The number of rotatable bonds is 4. The molecule has 0 bridgehead atoms. The van der Waals surface area contributed by atoms with E-state index in [1.807, 2.05) is 31.2 Å². The van der Waals surface area contributed by atoms with Gasteiger partial charge in [-0.2, -0.15) is 0 Å². The number of nitrogens with zero attached hydrogens (tertiary/aromatic N) is 3. The smallest absolute Gasteiger partial charge is 0.279 e. The van der Waals surface area contributed by atoms with Crippen LogP contribution in [0.4, 0.5) is 17.2 Å². The van der Waals surface area contributed by atoms with Gasteiger partial charge in [-0.3, -0.25) is 4.79 Å². The molecule has 2 aromatic rings. The van der Waals surface area contributed by atoms with E-state index < -0.39 is 0 Å². The maximum Gasteiger partial charge on any atom is 0.279 e. The molecule has 0 aliphatic carbocycles. The fraction of sp³-hybridized carbons (Fsp3) is 0.353. The average Bonchev–Trinajstić information content (AvgIpc) is 2.61. The lowest BCUT2D eigenvalue weighted by Gasteiger charge is -2.34. The molecule has 1 amide bonds. The van der Waals surface area contributed by atoms with Crippen LogP contribution in [-0.4, -0.2) is 35.0 Å². The third-order valence-electron chi connectivity index (χ3n) is 3.94. The summed E-state index contributed by atoms with van der Waals surface area (Å²) in [5.41, 5.74) is 2.01. The molecule has 0 aromatic carbocycles. The van der Waals surface area contributed by atoms with Gasteiger partial charge in [-0.25, -0.2) is 9.97 Å². The first-order valence-corrected chi connectivity index (χ1v) is 7.96. The van der Waals surface area contributed by atoms with Gasteiger partial charge in [0.15, 0.2) is 5.69 Å². The minimum Gasteiger partial charge on any atom is -0.383 e. The molecule has 0 spiro atoms. The summed E-state index contributed by atoms with van der Waals surface area (Å²) in [6.07, 6.45) is 4.30. The largest absolute Gasteiger partial charge is 0.383 e. The highest BCUT2D eigenvalue weighted by molar-refractivity contribution is 6.09. The Balaban J connectivity index is 1.99. The molecule has 1 unspecified atom stereocenters. The quantitative estimate of drug-likeness (QED) is 0.908. The van der Waals surface area contributed by atoms with E-state index in [0.29, 0.717) is 12.2 Å².